The summed E-state index contributed by atoms with van der Waals surface area (Å²) in [5, 5.41) is 5.18. The van der Waals surface area contributed by atoms with Crippen molar-refractivity contribution in [2.75, 3.05) is 26.7 Å². The molecule has 2 N–H and O–H groups in total. The lowest BCUT2D eigenvalue weighted by atomic mass is 9.96. The molecule has 0 unspecified atom stereocenters. The Morgan fingerprint density at radius 1 is 1.24 bits per heavy atom. The Labute approximate surface area is 147 Å². The molecule has 6 nitrogen and oxygen atoms in total. The lowest BCUT2D eigenvalue weighted by Gasteiger charge is -2.23. The van der Waals surface area contributed by atoms with E-state index in [4.69, 9.17) is 4.74 Å². The fourth-order valence-corrected chi connectivity index (χ4v) is 2.83. The number of likely N-dealkylation sites (N-methyl/N-ethyl adjacent to an activating group) is 1. The second kappa shape index (κ2) is 9.98. The smallest absolute Gasteiger partial charge is 0.321 e. The molecule has 1 aromatic rings. The maximum Gasteiger partial charge on any atom is 0.321 e. The van der Waals surface area contributed by atoms with Crippen LogP contribution in [-0.2, 0) is 4.79 Å². The molecular formula is C18H26FN3O3. The first-order chi connectivity index (χ1) is 12.0. The van der Waals surface area contributed by atoms with Gasteiger partial charge in [-0.05, 0) is 32.0 Å². The number of hydrogen-bond donors (Lipinski definition) is 2. The van der Waals surface area contributed by atoms with Crippen LogP contribution in [0.2, 0.25) is 0 Å². The number of benzene rings is 1. The van der Waals surface area contributed by atoms with Gasteiger partial charge in [0.2, 0.25) is 5.91 Å². The third-order valence-electron chi connectivity index (χ3n) is 4.17. The fraction of sp³-hybridized carbons (Fsp3) is 0.556. The van der Waals surface area contributed by atoms with Gasteiger partial charge in [-0.15, -0.1) is 0 Å². The van der Waals surface area contributed by atoms with Crippen molar-refractivity contribution in [3.05, 3.63) is 30.1 Å². The Morgan fingerprint density at radius 3 is 2.68 bits per heavy atom. The van der Waals surface area contributed by atoms with E-state index in [9.17, 15) is 14.0 Å². The number of urea groups is 1. The van der Waals surface area contributed by atoms with Crippen LogP contribution in [0, 0.1) is 5.82 Å². The summed E-state index contributed by atoms with van der Waals surface area (Å²) in [6, 6.07) is 5.90. The molecule has 1 fully saturated rings. The van der Waals surface area contributed by atoms with E-state index in [-0.39, 0.29) is 30.9 Å². The number of carbonyl (C=O) groups is 2. The van der Waals surface area contributed by atoms with Gasteiger partial charge < -0.3 is 10.1 Å². The molecule has 3 amide bonds. The first kappa shape index (κ1) is 19.2. The average molecular weight is 351 g/mol. The molecule has 2 rings (SSSR count). The van der Waals surface area contributed by atoms with Crippen molar-refractivity contribution in [3.63, 3.8) is 0 Å². The number of halogens is 1. The van der Waals surface area contributed by atoms with Gasteiger partial charge in [-0.25, -0.2) is 9.18 Å². The third-order valence-corrected chi connectivity index (χ3v) is 4.17. The summed E-state index contributed by atoms with van der Waals surface area (Å²) in [5.74, 6) is -0.601. The van der Waals surface area contributed by atoms with Crippen molar-refractivity contribution in [1.82, 2.24) is 15.5 Å². The molecule has 0 aliphatic heterocycles. The Bertz CT molecular complexity index is 576. The van der Waals surface area contributed by atoms with Crippen LogP contribution < -0.4 is 15.4 Å². The van der Waals surface area contributed by atoms with Crippen LogP contribution in [0.5, 0.6) is 5.75 Å². The highest BCUT2D eigenvalue weighted by Gasteiger charge is 2.17. The standard InChI is InChI=1S/C18H26FN3O3/c1-22(11-12-25-16-10-6-5-9-15(16)19)13-17(23)21-18(24)20-14-7-3-2-4-8-14/h5-6,9-10,14H,2-4,7-8,11-13H2,1H3,(H2,20,21,23,24). The van der Waals surface area contributed by atoms with Crippen LogP contribution in [0.25, 0.3) is 0 Å². The largest absolute Gasteiger partial charge is 0.489 e. The monoisotopic (exact) mass is 351 g/mol. The van der Waals surface area contributed by atoms with E-state index in [1.807, 2.05) is 0 Å². The number of amides is 3. The van der Waals surface area contributed by atoms with Crippen LogP contribution in [0.4, 0.5) is 9.18 Å². The maximum absolute atomic E-state index is 13.4. The van der Waals surface area contributed by atoms with E-state index in [0.717, 1.165) is 25.7 Å². The maximum atomic E-state index is 13.4. The molecule has 25 heavy (non-hydrogen) atoms. The summed E-state index contributed by atoms with van der Waals surface area (Å²) in [4.78, 5) is 25.4. The number of imide groups is 1. The highest BCUT2D eigenvalue weighted by Crippen LogP contribution is 2.17. The van der Waals surface area contributed by atoms with Crippen LogP contribution in [-0.4, -0.2) is 49.6 Å². The SMILES string of the molecule is CN(CCOc1ccccc1F)CC(=O)NC(=O)NC1CCCCC1. The summed E-state index contributed by atoms with van der Waals surface area (Å²) in [5.41, 5.74) is 0. The van der Waals surface area contributed by atoms with Crippen LogP contribution >= 0.6 is 0 Å². The normalized spacial score (nSPS) is 15.0. The molecular weight excluding hydrogens is 325 g/mol. The van der Waals surface area contributed by atoms with E-state index in [2.05, 4.69) is 10.6 Å². The zero-order valence-electron chi connectivity index (χ0n) is 14.6. The molecule has 0 aromatic heterocycles. The summed E-state index contributed by atoms with van der Waals surface area (Å²) >= 11 is 0. The molecule has 0 saturated heterocycles. The third kappa shape index (κ3) is 7.09. The molecule has 0 spiro atoms. The number of nitrogens with zero attached hydrogens (tertiary/aromatic N) is 1. The molecule has 138 valence electrons. The van der Waals surface area contributed by atoms with E-state index in [0.29, 0.717) is 6.54 Å². The number of nitrogens with one attached hydrogen (secondary N) is 2. The predicted molar refractivity (Wildman–Crippen MR) is 92.9 cm³/mol. The summed E-state index contributed by atoms with van der Waals surface area (Å²) in [6.45, 7) is 0.754. The molecule has 7 heteroatoms. The quantitative estimate of drug-likeness (QED) is 0.791. The minimum atomic E-state index is -0.437. The number of ether oxygens (including phenoxy) is 1. The average Bonchev–Trinajstić information content (AvgIpc) is 2.57. The van der Waals surface area contributed by atoms with Crippen molar-refractivity contribution in [2.45, 2.75) is 38.1 Å². The van der Waals surface area contributed by atoms with E-state index >= 15 is 0 Å². The number of hydrogen-bond acceptors (Lipinski definition) is 4. The molecule has 1 aromatic carbocycles. The van der Waals surface area contributed by atoms with Gasteiger partial charge >= 0.3 is 6.03 Å². The number of rotatable bonds is 7. The lowest BCUT2D eigenvalue weighted by molar-refractivity contribution is -0.120. The number of para-hydroxylation sites is 1. The Balaban J connectivity index is 1.62. The van der Waals surface area contributed by atoms with Crippen LogP contribution in [0.3, 0.4) is 0 Å². The van der Waals surface area contributed by atoms with Crippen molar-refractivity contribution in [3.8, 4) is 5.75 Å². The molecule has 0 atom stereocenters. The Morgan fingerprint density at radius 2 is 1.96 bits per heavy atom. The first-order valence-corrected chi connectivity index (χ1v) is 8.71. The summed E-state index contributed by atoms with van der Waals surface area (Å²) in [6.07, 6.45) is 5.37. The summed E-state index contributed by atoms with van der Waals surface area (Å²) in [7, 11) is 1.74. The van der Waals surface area contributed by atoms with E-state index in [1.165, 1.54) is 12.5 Å². The summed E-state index contributed by atoms with van der Waals surface area (Å²) < 4.78 is 18.8. The van der Waals surface area contributed by atoms with Crippen molar-refractivity contribution in [1.29, 1.82) is 0 Å². The molecule has 0 heterocycles. The zero-order valence-corrected chi connectivity index (χ0v) is 14.6. The molecule has 1 aliphatic carbocycles. The van der Waals surface area contributed by atoms with E-state index < -0.39 is 11.8 Å². The highest BCUT2D eigenvalue weighted by atomic mass is 19.1. The highest BCUT2D eigenvalue weighted by molar-refractivity contribution is 5.95. The second-order valence-electron chi connectivity index (χ2n) is 6.37. The minimum Gasteiger partial charge on any atom is -0.489 e. The second-order valence-corrected chi connectivity index (χ2v) is 6.37. The Kier molecular flexibility index (Phi) is 7.66. The van der Waals surface area contributed by atoms with Crippen LogP contribution in [0.15, 0.2) is 24.3 Å². The lowest BCUT2D eigenvalue weighted by Crippen LogP contribution is -2.47. The van der Waals surface area contributed by atoms with Crippen molar-refractivity contribution < 1.29 is 18.7 Å². The van der Waals surface area contributed by atoms with Gasteiger partial charge in [0.15, 0.2) is 11.6 Å². The van der Waals surface area contributed by atoms with Crippen molar-refractivity contribution >= 4 is 11.9 Å². The number of carbonyl (C=O) groups excluding carboxylic acids is 2. The van der Waals surface area contributed by atoms with Gasteiger partial charge in [0, 0.05) is 12.6 Å². The van der Waals surface area contributed by atoms with Gasteiger partial charge in [0.1, 0.15) is 6.61 Å². The predicted octanol–water partition coefficient (Wildman–Crippen LogP) is 2.29. The molecule has 1 saturated carbocycles. The zero-order chi connectivity index (χ0) is 18.1. The Hall–Kier alpha value is -2.15. The van der Waals surface area contributed by atoms with Gasteiger partial charge in [0.05, 0.1) is 6.54 Å². The van der Waals surface area contributed by atoms with Crippen molar-refractivity contribution in [2.24, 2.45) is 0 Å². The van der Waals surface area contributed by atoms with Crippen LogP contribution in [0.1, 0.15) is 32.1 Å². The molecule has 1 aliphatic rings. The topological polar surface area (TPSA) is 70.7 Å². The molecule has 0 bridgehead atoms. The van der Waals surface area contributed by atoms with E-state index in [1.54, 1.807) is 30.1 Å². The minimum absolute atomic E-state index is 0.0682. The van der Waals surface area contributed by atoms with Gasteiger partial charge in [-0.1, -0.05) is 31.4 Å². The van der Waals surface area contributed by atoms with Gasteiger partial charge in [-0.2, -0.15) is 0 Å². The first-order valence-electron chi connectivity index (χ1n) is 8.71. The molecule has 0 radical (unpaired) electrons. The van der Waals surface area contributed by atoms with Gasteiger partial charge in [-0.3, -0.25) is 15.0 Å². The fourth-order valence-electron chi connectivity index (χ4n) is 2.83. The van der Waals surface area contributed by atoms with Gasteiger partial charge in [0.25, 0.3) is 0 Å².